The monoisotopic (exact) mass is 327 g/mol. The summed E-state index contributed by atoms with van der Waals surface area (Å²) in [5.74, 6) is 1.37. The summed E-state index contributed by atoms with van der Waals surface area (Å²) in [5.41, 5.74) is 2.96. The quantitative estimate of drug-likeness (QED) is 0.937. The highest BCUT2D eigenvalue weighted by atomic mass is 16.1. The summed E-state index contributed by atoms with van der Waals surface area (Å²) in [7, 11) is 1.93. The van der Waals surface area contributed by atoms with Gasteiger partial charge in [-0.15, -0.1) is 0 Å². The Hall–Kier alpha value is -1.95. The Morgan fingerprint density at radius 1 is 1.29 bits per heavy atom. The molecule has 128 valence electrons. The van der Waals surface area contributed by atoms with E-state index in [9.17, 15) is 4.79 Å². The lowest BCUT2D eigenvalue weighted by Crippen LogP contribution is -2.36. The van der Waals surface area contributed by atoms with Gasteiger partial charge in [-0.3, -0.25) is 14.4 Å². The van der Waals surface area contributed by atoms with Crippen molar-refractivity contribution < 1.29 is 0 Å². The van der Waals surface area contributed by atoms with Crippen molar-refractivity contribution in [2.45, 2.75) is 57.5 Å². The number of aromatic amines is 1. The maximum absolute atomic E-state index is 12.6. The topological polar surface area (TPSA) is 66.8 Å². The summed E-state index contributed by atoms with van der Waals surface area (Å²) in [6, 6.07) is 2.03. The molecule has 1 saturated carbocycles. The summed E-state index contributed by atoms with van der Waals surface area (Å²) in [5, 5.41) is 4.43. The van der Waals surface area contributed by atoms with Crippen LogP contribution >= 0.6 is 0 Å². The zero-order chi connectivity index (χ0) is 16.5. The number of aryl methyl sites for hydroxylation is 1. The van der Waals surface area contributed by atoms with E-state index < -0.39 is 0 Å². The lowest BCUT2D eigenvalue weighted by atomic mass is 9.88. The molecule has 1 fully saturated rings. The Labute approximate surface area is 141 Å². The lowest BCUT2D eigenvalue weighted by molar-refractivity contribution is 0.237. The molecule has 0 unspecified atom stereocenters. The van der Waals surface area contributed by atoms with Gasteiger partial charge in [-0.25, -0.2) is 4.98 Å². The third-order valence-corrected chi connectivity index (χ3v) is 5.31. The van der Waals surface area contributed by atoms with Crippen molar-refractivity contribution in [2.75, 3.05) is 6.54 Å². The molecule has 4 rings (SSSR count). The van der Waals surface area contributed by atoms with Crippen LogP contribution in [0.1, 0.15) is 60.8 Å². The molecule has 24 heavy (non-hydrogen) atoms. The van der Waals surface area contributed by atoms with Crippen molar-refractivity contribution in [3.63, 3.8) is 0 Å². The Bertz CT molecular complexity index is 772. The molecular formula is C18H25N5O. The fraction of sp³-hybridized carbons (Fsp3) is 0.611. The third-order valence-electron chi connectivity index (χ3n) is 5.31. The molecule has 0 saturated heterocycles. The molecule has 0 amide bonds. The predicted molar refractivity (Wildman–Crippen MR) is 91.7 cm³/mol. The smallest absolute Gasteiger partial charge is 0.255 e. The highest BCUT2D eigenvalue weighted by Gasteiger charge is 2.24. The van der Waals surface area contributed by atoms with E-state index >= 15 is 0 Å². The molecule has 0 radical (unpaired) electrons. The first-order chi connectivity index (χ1) is 11.7. The van der Waals surface area contributed by atoms with Gasteiger partial charge in [0.05, 0.1) is 17.0 Å². The predicted octanol–water partition coefficient (Wildman–Crippen LogP) is 2.11. The van der Waals surface area contributed by atoms with Crippen LogP contribution in [0, 0.1) is 0 Å². The summed E-state index contributed by atoms with van der Waals surface area (Å²) in [4.78, 5) is 22.8. The lowest BCUT2D eigenvalue weighted by Gasteiger charge is -2.28. The third kappa shape index (κ3) is 3.15. The second-order valence-corrected chi connectivity index (χ2v) is 7.15. The normalized spacial score (nSPS) is 19.4. The first-order valence-electron chi connectivity index (χ1n) is 9.02. The van der Waals surface area contributed by atoms with Crippen molar-refractivity contribution >= 4 is 0 Å². The van der Waals surface area contributed by atoms with Gasteiger partial charge in [0.25, 0.3) is 5.56 Å². The first kappa shape index (κ1) is 15.6. The van der Waals surface area contributed by atoms with Gasteiger partial charge in [-0.2, -0.15) is 5.10 Å². The fourth-order valence-corrected chi connectivity index (χ4v) is 3.98. The maximum atomic E-state index is 12.6. The maximum Gasteiger partial charge on any atom is 0.255 e. The first-order valence-corrected chi connectivity index (χ1v) is 9.02. The summed E-state index contributed by atoms with van der Waals surface area (Å²) in [6.07, 6.45) is 8.95. The molecule has 2 aromatic rings. The minimum Gasteiger partial charge on any atom is -0.310 e. The molecule has 6 heteroatoms. The molecule has 1 N–H and O–H groups in total. The number of hydrogen-bond acceptors (Lipinski definition) is 4. The molecule has 0 atom stereocenters. The van der Waals surface area contributed by atoms with Gasteiger partial charge >= 0.3 is 0 Å². The van der Waals surface area contributed by atoms with Gasteiger partial charge in [-0.05, 0) is 18.9 Å². The van der Waals surface area contributed by atoms with E-state index in [1.54, 1.807) is 0 Å². The van der Waals surface area contributed by atoms with Crippen LogP contribution in [0.3, 0.4) is 0 Å². The highest BCUT2D eigenvalue weighted by molar-refractivity contribution is 5.22. The SMILES string of the molecule is Cn1ccc(CN2CCc3nc(C4CCCCC4)[nH]c(=O)c3C2)n1. The number of nitrogens with one attached hydrogen (secondary N) is 1. The van der Waals surface area contributed by atoms with E-state index in [0.717, 1.165) is 55.1 Å². The average Bonchev–Trinajstić information content (AvgIpc) is 3.01. The van der Waals surface area contributed by atoms with Crippen LogP contribution in [0.25, 0.3) is 0 Å². The second-order valence-electron chi connectivity index (χ2n) is 7.15. The van der Waals surface area contributed by atoms with Crippen LogP contribution in [0.15, 0.2) is 17.1 Å². The van der Waals surface area contributed by atoms with Gasteiger partial charge in [0.2, 0.25) is 0 Å². The van der Waals surface area contributed by atoms with Crippen LogP contribution in [0.2, 0.25) is 0 Å². The Balaban J connectivity index is 1.52. The molecule has 3 heterocycles. The van der Waals surface area contributed by atoms with Crippen molar-refractivity contribution in [1.82, 2.24) is 24.6 Å². The number of aromatic nitrogens is 4. The van der Waals surface area contributed by atoms with E-state index in [1.165, 1.54) is 19.3 Å². The van der Waals surface area contributed by atoms with Crippen molar-refractivity contribution in [1.29, 1.82) is 0 Å². The molecular weight excluding hydrogens is 302 g/mol. The number of hydrogen-bond donors (Lipinski definition) is 1. The van der Waals surface area contributed by atoms with Crippen molar-refractivity contribution in [3.8, 4) is 0 Å². The highest BCUT2D eigenvalue weighted by Crippen LogP contribution is 2.30. The van der Waals surface area contributed by atoms with Gasteiger partial charge < -0.3 is 4.98 Å². The molecule has 1 aliphatic carbocycles. The molecule has 2 aromatic heterocycles. The van der Waals surface area contributed by atoms with Crippen LogP contribution < -0.4 is 5.56 Å². The number of nitrogens with zero attached hydrogens (tertiary/aromatic N) is 4. The molecule has 1 aliphatic heterocycles. The average molecular weight is 327 g/mol. The number of H-pyrrole nitrogens is 1. The number of rotatable bonds is 3. The molecule has 0 bridgehead atoms. The van der Waals surface area contributed by atoms with E-state index in [0.29, 0.717) is 12.5 Å². The van der Waals surface area contributed by atoms with Gasteiger partial charge in [0.1, 0.15) is 5.82 Å². The zero-order valence-electron chi connectivity index (χ0n) is 14.3. The number of fused-ring (bicyclic) bond motifs is 1. The van der Waals surface area contributed by atoms with E-state index in [2.05, 4.69) is 15.0 Å². The van der Waals surface area contributed by atoms with Crippen LogP contribution in [-0.2, 0) is 26.6 Å². The van der Waals surface area contributed by atoms with Gasteiger partial charge in [0, 0.05) is 45.2 Å². The molecule has 0 aromatic carbocycles. The molecule has 0 spiro atoms. The summed E-state index contributed by atoms with van der Waals surface area (Å²) >= 11 is 0. The minimum absolute atomic E-state index is 0.0614. The van der Waals surface area contributed by atoms with E-state index in [-0.39, 0.29) is 5.56 Å². The van der Waals surface area contributed by atoms with E-state index in [1.807, 2.05) is 24.0 Å². The van der Waals surface area contributed by atoms with Gasteiger partial charge in [0.15, 0.2) is 0 Å². The van der Waals surface area contributed by atoms with E-state index in [4.69, 9.17) is 4.98 Å². The van der Waals surface area contributed by atoms with Crippen LogP contribution in [0.5, 0.6) is 0 Å². The Kier molecular flexibility index (Phi) is 4.22. The van der Waals surface area contributed by atoms with Crippen LogP contribution in [0.4, 0.5) is 0 Å². The Morgan fingerprint density at radius 2 is 2.12 bits per heavy atom. The molecule has 2 aliphatic rings. The molecule has 6 nitrogen and oxygen atoms in total. The largest absolute Gasteiger partial charge is 0.310 e. The summed E-state index contributed by atoms with van der Waals surface area (Å²) < 4.78 is 1.82. The minimum atomic E-state index is 0.0614. The van der Waals surface area contributed by atoms with Crippen molar-refractivity contribution in [3.05, 3.63) is 45.4 Å². The van der Waals surface area contributed by atoms with Gasteiger partial charge in [-0.1, -0.05) is 19.3 Å². The van der Waals surface area contributed by atoms with Crippen LogP contribution in [-0.4, -0.2) is 31.2 Å². The fourth-order valence-electron chi connectivity index (χ4n) is 3.98. The zero-order valence-corrected chi connectivity index (χ0v) is 14.3. The summed E-state index contributed by atoms with van der Waals surface area (Å²) in [6.45, 7) is 2.38. The standard InChI is InChI=1S/C18H25N5O/c1-22-9-7-14(21-22)11-23-10-8-16-15(12-23)18(24)20-17(19-16)13-5-3-2-4-6-13/h7,9,13H,2-6,8,10-12H2,1H3,(H,19,20,24). The second kappa shape index (κ2) is 6.51. The Morgan fingerprint density at radius 3 is 2.88 bits per heavy atom. The van der Waals surface area contributed by atoms with Crippen molar-refractivity contribution in [2.24, 2.45) is 7.05 Å².